The van der Waals surface area contributed by atoms with E-state index in [2.05, 4.69) is 18.8 Å². The summed E-state index contributed by atoms with van der Waals surface area (Å²) in [6.45, 7) is 5.99. The zero-order chi connectivity index (χ0) is 22.9. The van der Waals surface area contributed by atoms with E-state index < -0.39 is 5.97 Å². The number of carboxylic acids is 1. The molecular weight excluding hydrogens is 398 g/mol. The van der Waals surface area contributed by atoms with Crippen molar-refractivity contribution in [1.29, 1.82) is 0 Å². The number of aliphatic carboxylic acids is 1. The molecule has 0 aliphatic heterocycles. The SMILES string of the molecule is C[C@@]12CCC[C@H]1[C@@H]1[C@@H](CCCCN=C(N)N)C[C@H]3C[C@@H](CCC(=O)O)CC[C@]3(C)[C@H]1CC2. The molecule has 0 aromatic heterocycles. The van der Waals surface area contributed by atoms with Crippen molar-refractivity contribution in [3.05, 3.63) is 0 Å². The second-order valence-electron chi connectivity index (χ2n) is 12.4. The first kappa shape index (κ1) is 23.9. The molecule has 0 bridgehead atoms. The van der Waals surface area contributed by atoms with Crippen LogP contribution in [0.25, 0.3) is 0 Å². The third kappa shape index (κ3) is 4.68. The van der Waals surface area contributed by atoms with Crippen LogP contribution in [0.4, 0.5) is 0 Å². The lowest BCUT2D eigenvalue weighted by atomic mass is 9.42. The Morgan fingerprint density at radius 2 is 1.81 bits per heavy atom. The van der Waals surface area contributed by atoms with Crippen molar-refractivity contribution in [2.45, 2.75) is 104 Å². The molecule has 0 radical (unpaired) electrons. The van der Waals surface area contributed by atoms with Crippen LogP contribution in [-0.4, -0.2) is 23.6 Å². The van der Waals surface area contributed by atoms with E-state index in [1.54, 1.807) is 0 Å². The number of rotatable bonds is 8. The number of carboxylic acid groups (broad SMARTS) is 1. The summed E-state index contributed by atoms with van der Waals surface area (Å²) in [4.78, 5) is 15.4. The van der Waals surface area contributed by atoms with Crippen molar-refractivity contribution in [2.75, 3.05) is 6.54 Å². The molecule has 0 amide bonds. The monoisotopic (exact) mass is 445 g/mol. The minimum Gasteiger partial charge on any atom is -0.481 e. The summed E-state index contributed by atoms with van der Waals surface area (Å²) in [6, 6.07) is 0. The fourth-order valence-electron chi connectivity index (χ4n) is 9.12. The molecule has 0 heterocycles. The van der Waals surface area contributed by atoms with Gasteiger partial charge in [0.1, 0.15) is 0 Å². The molecule has 0 saturated heterocycles. The summed E-state index contributed by atoms with van der Waals surface area (Å²) >= 11 is 0. The smallest absolute Gasteiger partial charge is 0.303 e. The van der Waals surface area contributed by atoms with Crippen LogP contribution in [0.2, 0.25) is 0 Å². The highest BCUT2D eigenvalue weighted by molar-refractivity contribution is 5.75. The van der Waals surface area contributed by atoms with Gasteiger partial charge in [0.05, 0.1) is 0 Å². The molecule has 0 unspecified atom stereocenters. The van der Waals surface area contributed by atoms with E-state index in [0.29, 0.717) is 23.2 Å². The van der Waals surface area contributed by atoms with E-state index in [1.807, 2.05) is 0 Å². The number of unbranched alkanes of at least 4 members (excludes halogenated alkanes) is 1. The van der Waals surface area contributed by atoms with Crippen LogP contribution < -0.4 is 11.5 Å². The summed E-state index contributed by atoms with van der Waals surface area (Å²) in [5.41, 5.74) is 12.1. The van der Waals surface area contributed by atoms with Gasteiger partial charge in [0.2, 0.25) is 0 Å². The van der Waals surface area contributed by atoms with Crippen molar-refractivity contribution in [1.82, 2.24) is 0 Å². The molecule has 0 aromatic rings. The molecule has 4 aliphatic rings. The van der Waals surface area contributed by atoms with Crippen molar-refractivity contribution in [2.24, 2.45) is 62.8 Å². The maximum absolute atomic E-state index is 11.2. The average molecular weight is 446 g/mol. The van der Waals surface area contributed by atoms with Gasteiger partial charge in [-0.1, -0.05) is 33.1 Å². The Bertz CT molecular complexity index is 705. The van der Waals surface area contributed by atoms with E-state index in [0.717, 1.165) is 49.0 Å². The molecule has 32 heavy (non-hydrogen) atoms. The Hall–Kier alpha value is -1.26. The maximum Gasteiger partial charge on any atom is 0.303 e. The van der Waals surface area contributed by atoms with Gasteiger partial charge in [0, 0.05) is 13.0 Å². The van der Waals surface area contributed by atoms with Crippen molar-refractivity contribution < 1.29 is 9.90 Å². The zero-order valence-corrected chi connectivity index (χ0v) is 20.5. The van der Waals surface area contributed by atoms with Gasteiger partial charge in [-0.05, 0) is 111 Å². The van der Waals surface area contributed by atoms with Crippen LogP contribution in [0.1, 0.15) is 104 Å². The first-order valence-electron chi connectivity index (χ1n) is 13.5. The van der Waals surface area contributed by atoms with E-state index in [4.69, 9.17) is 11.5 Å². The van der Waals surface area contributed by atoms with Gasteiger partial charge in [0.25, 0.3) is 0 Å². The highest BCUT2D eigenvalue weighted by Gasteiger charge is 2.60. The Labute approximate surface area is 195 Å². The van der Waals surface area contributed by atoms with Gasteiger partial charge in [0.15, 0.2) is 5.96 Å². The normalized spacial score (nSPS) is 43.1. The second kappa shape index (κ2) is 9.54. The molecule has 0 spiro atoms. The molecule has 0 aromatic carbocycles. The van der Waals surface area contributed by atoms with Gasteiger partial charge in [-0.25, -0.2) is 0 Å². The third-order valence-corrected chi connectivity index (χ3v) is 10.8. The molecule has 5 heteroatoms. The molecule has 182 valence electrons. The van der Waals surface area contributed by atoms with E-state index >= 15 is 0 Å². The number of carbonyl (C=O) groups is 1. The van der Waals surface area contributed by atoms with Gasteiger partial charge >= 0.3 is 5.97 Å². The molecule has 4 saturated carbocycles. The Kier molecular flexibility index (Phi) is 7.12. The fourth-order valence-corrected chi connectivity index (χ4v) is 9.12. The summed E-state index contributed by atoms with van der Waals surface area (Å²) < 4.78 is 0. The van der Waals surface area contributed by atoms with Crippen molar-refractivity contribution in [3.63, 3.8) is 0 Å². The molecular formula is C27H47N3O2. The lowest BCUT2D eigenvalue weighted by molar-refractivity contribution is -0.143. The minimum atomic E-state index is -0.631. The highest BCUT2D eigenvalue weighted by atomic mass is 16.4. The van der Waals surface area contributed by atoms with Crippen molar-refractivity contribution in [3.8, 4) is 0 Å². The average Bonchev–Trinajstić information content (AvgIpc) is 3.13. The molecule has 4 fully saturated rings. The van der Waals surface area contributed by atoms with Gasteiger partial charge < -0.3 is 16.6 Å². The largest absolute Gasteiger partial charge is 0.481 e. The topological polar surface area (TPSA) is 102 Å². The van der Waals surface area contributed by atoms with Crippen LogP contribution in [0.15, 0.2) is 4.99 Å². The fraction of sp³-hybridized carbons (Fsp3) is 0.926. The Morgan fingerprint density at radius 1 is 1.00 bits per heavy atom. The van der Waals surface area contributed by atoms with Gasteiger partial charge in [-0.2, -0.15) is 0 Å². The quantitative estimate of drug-likeness (QED) is 0.258. The predicted molar refractivity (Wildman–Crippen MR) is 130 cm³/mol. The van der Waals surface area contributed by atoms with Crippen LogP contribution in [-0.2, 0) is 4.79 Å². The van der Waals surface area contributed by atoms with Crippen molar-refractivity contribution >= 4 is 11.9 Å². The highest BCUT2D eigenvalue weighted by Crippen LogP contribution is 2.68. The van der Waals surface area contributed by atoms with Crippen LogP contribution >= 0.6 is 0 Å². The molecule has 4 aliphatic carbocycles. The lowest BCUT2D eigenvalue weighted by Crippen LogP contribution is -2.55. The summed E-state index contributed by atoms with van der Waals surface area (Å²) in [7, 11) is 0. The zero-order valence-electron chi connectivity index (χ0n) is 20.5. The van der Waals surface area contributed by atoms with E-state index in [-0.39, 0.29) is 5.96 Å². The number of hydrogen-bond donors (Lipinski definition) is 3. The summed E-state index contributed by atoms with van der Waals surface area (Å²) in [5.74, 6) is 4.50. The van der Waals surface area contributed by atoms with Gasteiger partial charge in [-0.3, -0.25) is 9.79 Å². The standard InChI is InChI=1S/C27H47N3O2/c1-26-12-5-7-21(26)24-19(6-3-4-15-30-25(28)29)17-20-16-18(8-9-23(31)32)10-14-27(20,2)22(24)11-13-26/h18-22,24H,3-17H2,1-2H3,(H,31,32)(H4,28,29,30)/t18-,19-,20+,21-,22-,24-,26-,27-/m0/s1. The molecule has 5 N–H and O–H groups in total. The third-order valence-electron chi connectivity index (χ3n) is 10.8. The number of guanidine groups is 1. The second-order valence-corrected chi connectivity index (χ2v) is 12.4. The lowest BCUT2D eigenvalue weighted by Gasteiger charge is -2.63. The Balaban J connectivity index is 1.50. The molecule has 4 rings (SSSR count). The predicted octanol–water partition coefficient (Wildman–Crippen LogP) is 5.57. The van der Waals surface area contributed by atoms with Crippen LogP contribution in [0, 0.1) is 46.3 Å². The van der Waals surface area contributed by atoms with E-state index in [1.165, 1.54) is 70.6 Å². The summed E-state index contributed by atoms with van der Waals surface area (Å²) in [6.07, 6.45) is 17.2. The van der Waals surface area contributed by atoms with Gasteiger partial charge in [-0.15, -0.1) is 0 Å². The first-order valence-corrected chi connectivity index (χ1v) is 13.5. The first-order chi connectivity index (χ1) is 15.2. The maximum atomic E-state index is 11.2. The summed E-state index contributed by atoms with van der Waals surface area (Å²) in [5, 5.41) is 9.19. The molecule has 5 nitrogen and oxygen atoms in total. The number of nitrogens with two attached hydrogens (primary N) is 2. The Morgan fingerprint density at radius 3 is 2.56 bits per heavy atom. The van der Waals surface area contributed by atoms with Crippen LogP contribution in [0.3, 0.4) is 0 Å². The number of fused-ring (bicyclic) bond motifs is 5. The number of hydrogen-bond acceptors (Lipinski definition) is 2. The van der Waals surface area contributed by atoms with Crippen LogP contribution in [0.5, 0.6) is 0 Å². The van der Waals surface area contributed by atoms with E-state index in [9.17, 15) is 9.90 Å². The minimum absolute atomic E-state index is 0.210. The number of aliphatic imine (C=N–C) groups is 1. The number of nitrogens with zero attached hydrogens (tertiary/aromatic N) is 1. The molecule has 8 atom stereocenters.